The lowest BCUT2D eigenvalue weighted by atomic mass is 10.1. The zero-order valence-corrected chi connectivity index (χ0v) is 16.8. The van der Waals surface area contributed by atoms with E-state index in [-0.39, 0.29) is 34.1 Å². The standard InChI is InChI=1S/C24H19NO6/c1-29-20-13-19-21(22(27)23(20)30-2)17(26)12-18(31-19)14-8-10-16(11-9-14)25-24(28)15-6-4-3-5-7-15/h3-13,27H,1-2H3,(H,25,28). The van der Waals surface area contributed by atoms with Crippen LogP contribution in [-0.4, -0.2) is 25.2 Å². The van der Waals surface area contributed by atoms with E-state index in [2.05, 4.69) is 5.32 Å². The summed E-state index contributed by atoms with van der Waals surface area (Å²) in [5.41, 5.74) is 1.53. The average molecular weight is 417 g/mol. The first-order chi connectivity index (χ1) is 15.0. The van der Waals surface area contributed by atoms with Crippen molar-refractivity contribution in [1.82, 2.24) is 0 Å². The van der Waals surface area contributed by atoms with Crippen molar-refractivity contribution in [2.24, 2.45) is 0 Å². The summed E-state index contributed by atoms with van der Waals surface area (Å²) >= 11 is 0. The second-order valence-electron chi connectivity index (χ2n) is 6.71. The molecule has 0 spiro atoms. The zero-order chi connectivity index (χ0) is 22.0. The van der Waals surface area contributed by atoms with Gasteiger partial charge in [0, 0.05) is 28.9 Å². The van der Waals surface area contributed by atoms with Crippen LogP contribution in [0.5, 0.6) is 17.2 Å². The molecule has 1 amide bonds. The number of aromatic hydroxyl groups is 1. The predicted octanol–water partition coefficient (Wildman–Crippen LogP) is 4.44. The summed E-state index contributed by atoms with van der Waals surface area (Å²) in [4.78, 5) is 24.9. The Morgan fingerprint density at radius 1 is 0.968 bits per heavy atom. The monoisotopic (exact) mass is 417 g/mol. The number of carbonyl (C=O) groups excluding carboxylic acids is 1. The molecule has 156 valence electrons. The van der Waals surface area contributed by atoms with E-state index >= 15 is 0 Å². The molecule has 0 saturated heterocycles. The van der Waals surface area contributed by atoms with Crippen LogP contribution >= 0.6 is 0 Å². The number of methoxy groups -OCH3 is 2. The summed E-state index contributed by atoms with van der Waals surface area (Å²) < 4.78 is 16.2. The summed E-state index contributed by atoms with van der Waals surface area (Å²) in [6, 6.07) is 18.6. The van der Waals surface area contributed by atoms with Crippen LogP contribution in [0.1, 0.15) is 10.4 Å². The minimum absolute atomic E-state index is 0.00754. The molecule has 0 aliphatic heterocycles. The number of nitrogens with one attached hydrogen (secondary N) is 1. The second-order valence-corrected chi connectivity index (χ2v) is 6.71. The molecule has 0 fully saturated rings. The first-order valence-corrected chi connectivity index (χ1v) is 9.40. The number of hydrogen-bond donors (Lipinski definition) is 2. The maximum absolute atomic E-state index is 12.7. The van der Waals surface area contributed by atoms with Gasteiger partial charge in [0.2, 0.25) is 5.75 Å². The topological polar surface area (TPSA) is 98.0 Å². The largest absolute Gasteiger partial charge is 0.504 e. The SMILES string of the molecule is COc1cc2oc(-c3ccc(NC(=O)c4ccccc4)cc3)cc(=O)c2c(O)c1OC. The first kappa shape index (κ1) is 20.0. The number of fused-ring (bicyclic) bond motifs is 1. The van der Waals surface area contributed by atoms with Crippen molar-refractivity contribution >= 4 is 22.6 Å². The third kappa shape index (κ3) is 3.81. The van der Waals surface area contributed by atoms with Crippen molar-refractivity contribution in [2.75, 3.05) is 19.5 Å². The molecule has 0 atom stereocenters. The Kier molecular flexibility index (Phi) is 5.32. The van der Waals surface area contributed by atoms with Gasteiger partial charge in [-0.2, -0.15) is 0 Å². The van der Waals surface area contributed by atoms with Crippen LogP contribution in [0.3, 0.4) is 0 Å². The van der Waals surface area contributed by atoms with Gasteiger partial charge in [-0.1, -0.05) is 18.2 Å². The van der Waals surface area contributed by atoms with E-state index in [1.54, 1.807) is 48.5 Å². The summed E-state index contributed by atoms with van der Waals surface area (Å²) in [5, 5.41) is 13.2. The van der Waals surface area contributed by atoms with Crippen molar-refractivity contribution in [3.63, 3.8) is 0 Å². The van der Waals surface area contributed by atoms with Crippen molar-refractivity contribution in [3.05, 3.63) is 82.5 Å². The molecular formula is C24H19NO6. The van der Waals surface area contributed by atoms with Gasteiger partial charge in [-0.05, 0) is 36.4 Å². The summed E-state index contributed by atoms with van der Waals surface area (Å²) in [7, 11) is 2.80. The highest BCUT2D eigenvalue weighted by Crippen LogP contribution is 2.42. The van der Waals surface area contributed by atoms with Crippen LogP contribution in [0.25, 0.3) is 22.3 Å². The quantitative estimate of drug-likeness (QED) is 0.498. The number of ether oxygens (including phenoxy) is 2. The van der Waals surface area contributed by atoms with Gasteiger partial charge in [0.15, 0.2) is 16.9 Å². The van der Waals surface area contributed by atoms with Gasteiger partial charge < -0.3 is 24.3 Å². The number of carbonyl (C=O) groups is 1. The van der Waals surface area contributed by atoms with E-state index in [4.69, 9.17) is 13.9 Å². The summed E-state index contributed by atoms with van der Waals surface area (Å²) in [6.07, 6.45) is 0. The van der Waals surface area contributed by atoms with Gasteiger partial charge in [-0.25, -0.2) is 0 Å². The molecule has 0 bridgehead atoms. The van der Waals surface area contributed by atoms with Gasteiger partial charge in [0.25, 0.3) is 5.91 Å². The molecule has 0 aliphatic carbocycles. The van der Waals surface area contributed by atoms with Gasteiger partial charge in [-0.15, -0.1) is 0 Å². The number of amides is 1. The normalized spacial score (nSPS) is 10.6. The fraction of sp³-hybridized carbons (Fsp3) is 0.0833. The molecule has 0 saturated carbocycles. The van der Waals surface area contributed by atoms with Crippen LogP contribution in [-0.2, 0) is 0 Å². The molecule has 31 heavy (non-hydrogen) atoms. The lowest BCUT2D eigenvalue weighted by Gasteiger charge is -2.12. The molecule has 4 rings (SSSR count). The summed E-state index contributed by atoms with van der Waals surface area (Å²) in [6.45, 7) is 0. The smallest absolute Gasteiger partial charge is 0.255 e. The average Bonchev–Trinajstić information content (AvgIpc) is 2.79. The summed E-state index contributed by atoms with van der Waals surface area (Å²) in [5.74, 6) is 0.0589. The van der Waals surface area contributed by atoms with Crippen molar-refractivity contribution in [1.29, 1.82) is 0 Å². The van der Waals surface area contributed by atoms with Gasteiger partial charge in [0.05, 0.1) is 14.2 Å². The van der Waals surface area contributed by atoms with E-state index in [0.29, 0.717) is 22.6 Å². The molecule has 0 radical (unpaired) electrons. The highest BCUT2D eigenvalue weighted by Gasteiger charge is 2.19. The molecule has 4 aromatic rings. The number of phenols is 1. The number of phenolic OH excluding ortho intramolecular Hbond substituents is 1. The van der Waals surface area contributed by atoms with Crippen LogP contribution in [0.15, 0.2) is 75.9 Å². The van der Waals surface area contributed by atoms with E-state index in [0.717, 1.165) is 0 Å². The van der Waals surface area contributed by atoms with Crippen molar-refractivity contribution in [3.8, 4) is 28.6 Å². The molecule has 1 aromatic heterocycles. The molecule has 3 aromatic carbocycles. The Hall–Kier alpha value is -4.26. The second kappa shape index (κ2) is 8.23. The van der Waals surface area contributed by atoms with E-state index in [1.807, 2.05) is 6.07 Å². The highest BCUT2D eigenvalue weighted by atomic mass is 16.5. The number of benzene rings is 3. The van der Waals surface area contributed by atoms with Gasteiger partial charge in [-0.3, -0.25) is 9.59 Å². The zero-order valence-electron chi connectivity index (χ0n) is 16.8. The minimum Gasteiger partial charge on any atom is -0.504 e. The predicted molar refractivity (Wildman–Crippen MR) is 117 cm³/mol. The molecular weight excluding hydrogens is 398 g/mol. The Balaban J connectivity index is 1.67. The Morgan fingerprint density at radius 2 is 1.68 bits per heavy atom. The third-order valence-electron chi connectivity index (χ3n) is 4.80. The molecule has 1 heterocycles. The number of rotatable bonds is 5. The van der Waals surface area contributed by atoms with Gasteiger partial charge >= 0.3 is 0 Å². The lowest BCUT2D eigenvalue weighted by molar-refractivity contribution is 0.102. The fourth-order valence-corrected chi connectivity index (χ4v) is 3.26. The van der Waals surface area contributed by atoms with E-state index in [9.17, 15) is 14.7 Å². The third-order valence-corrected chi connectivity index (χ3v) is 4.80. The first-order valence-electron chi connectivity index (χ1n) is 9.40. The fourth-order valence-electron chi connectivity index (χ4n) is 3.26. The van der Waals surface area contributed by atoms with Crippen molar-refractivity contribution < 1.29 is 23.8 Å². The van der Waals surface area contributed by atoms with Crippen LogP contribution in [0, 0.1) is 0 Å². The Morgan fingerprint density at radius 3 is 2.32 bits per heavy atom. The van der Waals surface area contributed by atoms with Crippen molar-refractivity contribution in [2.45, 2.75) is 0 Å². The molecule has 7 nitrogen and oxygen atoms in total. The maximum atomic E-state index is 12.7. The molecule has 0 unspecified atom stereocenters. The number of hydrogen-bond acceptors (Lipinski definition) is 6. The highest BCUT2D eigenvalue weighted by molar-refractivity contribution is 6.04. The minimum atomic E-state index is -0.420. The molecule has 2 N–H and O–H groups in total. The van der Waals surface area contributed by atoms with E-state index in [1.165, 1.54) is 26.4 Å². The number of anilines is 1. The van der Waals surface area contributed by atoms with Gasteiger partial charge in [0.1, 0.15) is 16.7 Å². The Bertz CT molecular complexity index is 1310. The lowest BCUT2D eigenvalue weighted by Crippen LogP contribution is -2.11. The maximum Gasteiger partial charge on any atom is 0.255 e. The van der Waals surface area contributed by atoms with Crippen LogP contribution < -0.4 is 20.2 Å². The Labute approximate surface area is 177 Å². The van der Waals surface area contributed by atoms with Crippen LogP contribution in [0.2, 0.25) is 0 Å². The molecule has 7 heteroatoms. The van der Waals surface area contributed by atoms with E-state index < -0.39 is 5.43 Å². The van der Waals surface area contributed by atoms with Crippen LogP contribution in [0.4, 0.5) is 5.69 Å². The molecule has 0 aliphatic rings.